The van der Waals surface area contributed by atoms with Crippen molar-refractivity contribution in [1.29, 1.82) is 0 Å². The van der Waals surface area contributed by atoms with Crippen molar-refractivity contribution in [3.8, 4) is 0 Å². The maximum Gasteiger partial charge on any atom is 0.247 e. The van der Waals surface area contributed by atoms with Crippen LogP contribution in [0.15, 0.2) is 72.8 Å². The van der Waals surface area contributed by atoms with Crippen molar-refractivity contribution >= 4 is 34.2 Å². The molecule has 0 heterocycles. The lowest BCUT2D eigenvalue weighted by atomic mass is 10.00. The van der Waals surface area contributed by atoms with E-state index in [9.17, 15) is 27.4 Å². The molecular weight excluding hydrogens is 536 g/mol. The first kappa shape index (κ1) is 30.6. The monoisotopic (exact) mass is 569 g/mol. The minimum absolute atomic E-state index is 0.0613. The van der Waals surface area contributed by atoms with E-state index in [1.165, 1.54) is 53.4 Å². The minimum Gasteiger partial charge on any atom is -0.349 e. The van der Waals surface area contributed by atoms with Gasteiger partial charge < -0.3 is 15.5 Å². The highest BCUT2D eigenvalue weighted by Gasteiger charge is 2.34. The minimum atomic E-state index is -1.92. The summed E-state index contributed by atoms with van der Waals surface area (Å²) in [6.07, 6.45) is 0. The second-order valence-corrected chi connectivity index (χ2v) is 11.9. The Balaban J connectivity index is 1.88. The van der Waals surface area contributed by atoms with Crippen LogP contribution in [-0.4, -0.2) is 43.9 Å². The van der Waals surface area contributed by atoms with Crippen molar-refractivity contribution in [2.24, 2.45) is 0 Å². The van der Waals surface area contributed by atoms with Crippen LogP contribution in [0.4, 0.5) is 14.5 Å². The first-order valence-electron chi connectivity index (χ1n) is 12.6. The van der Waals surface area contributed by atoms with E-state index in [1.54, 1.807) is 12.1 Å². The Hall–Kier alpha value is -3.92. The van der Waals surface area contributed by atoms with Crippen molar-refractivity contribution in [3.63, 3.8) is 0 Å². The van der Waals surface area contributed by atoms with Gasteiger partial charge in [0.15, 0.2) is 0 Å². The quantitative estimate of drug-likeness (QED) is 0.372. The van der Waals surface area contributed by atoms with E-state index in [0.717, 1.165) is 5.56 Å². The molecule has 0 saturated heterocycles. The zero-order chi connectivity index (χ0) is 29.4. The molecule has 3 aromatic carbocycles. The van der Waals surface area contributed by atoms with Gasteiger partial charge in [0.2, 0.25) is 17.7 Å². The fraction of sp³-hybridized carbons (Fsp3) is 0.300. The predicted molar refractivity (Wildman–Crippen MR) is 152 cm³/mol. The molecule has 7 nitrogen and oxygen atoms in total. The summed E-state index contributed by atoms with van der Waals surface area (Å²) in [5.41, 5.74) is 1.79. The maximum atomic E-state index is 13.7. The summed E-state index contributed by atoms with van der Waals surface area (Å²) < 4.78 is 39.6. The first-order chi connectivity index (χ1) is 18.8. The number of amides is 3. The van der Waals surface area contributed by atoms with Crippen molar-refractivity contribution in [1.82, 2.24) is 10.2 Å². The molecule has 0 aromatic heterocycles. The number of aryl methyl sites for hydroxylation is 1. The van der Waals surface area contributed by atoms with Crippen LogP contribution in [-0.2, 0) is 31.7 Å². The van der Waals surface area contributed by atoms with Gasteiger partial charge in [-0.25, -0.2) is 8.78 Å². The molecule has 212 valence electrons. The lowest BCUT2D eigenvalue weighted by Gasteiger charge is -2.34. The van der Waals surface area contributed by atoms with E-state index in [0.29, 0.717) is 16.8 Å². The molecule has 3 rings (SSSR count). The van der Waals surface area contributed by atoms with Crippen LogP contribution in [0, 0.1) is 18.6 Å². The van der Waals surface area contributed by atoms with Crippen LogP contribution in [0.3, 0.4) is 0 Å². The molecule has 10 heteroatoms. The summed E-state index contributed by atoms with van der Waals surface area (Å²) in [4.78, 5) is 41.0. The topological polar surface area (TPSA) is 95.6 Å². The van der Waals surface area contributed by atoms with E-state index in [1.807, 2.05) is 39.8 Å². The predicted octanol–water partition coefficient (Wildman–Crippen LogP) is 4.65. The SMILES string of the molecule is Cc1ccc([C@@H](C(=O)NC(C)(C)C)N(Cc2ccc(F)cc2)C(=O)C[S@@](=O)CC(=O)Nc2ccc(F)cc2)cc1. The summed E-state index contributed by atoms with van der Waals surface area (Å²) in [7, 11) is -1.92. The van der Waals surface area contributed by atoms with Gasteiger partial charge in [-0.2, -0.15) is 0 Å². The van der Waals surface area contributed by atoms with Gasteiger partial charge in [-0.3, -0.25) is 18.6 Å². The number of benzene rings is 3. The molecule has 0 aliphatic rings. The van der Waals surface area contributed by atoms with Gasteiger partial charge in [0.1, 0.15) is 29.2 Å². The number of hydrogen-bond donors (Lipinski definition) is 2. The van der Waals surface area contributed by atoms with Gasteiger partial charge in [0.25, 0.3) is 0 Å². The molecule has 2 atom stereocenters. The Bertz CT molecular complexity index is 1360. The van der Waals surface area contributed by atoms with Crippen LogP contribution in [0.5, 0.6) is 0 Å². The molecule has 0 bridgehead atoms. The van der Waals surface area contributed by atoms with Crippen molar-refractivity contribution in [3.05, 3.63) is 101 Å². The molecule has 2 N–H and O–H groups in total. The van der Waals surface area contributed by atoms with Crippen molar-refractivity contribution in [2.45, 2.75) is 45.8 Å². The van der Waals surface area contributed by atoms with E-state index >= 15 is 0 Å². The van der Waals surface area contributed by atoms with Gasteiger partial charge in [0, 0.05) is 28.6 Å². The van der Waals surface area contributed by atoms with Gasteiger partial charge in [-0.1, -0.05) is 42.0 Å². The highest BCUT2D eigenvalue weighted by Crippen LogP contribution is 2.26. The highest BCUT2D eigenvalue weighted by molar-refractivity contribution is 7.86. The normalized spacial score (nSPS) is 12.8. The van der Waals surface area contributed by atoms with Gasteiger partial charge in [-0.15, -0.1) is 0 Å². The molecule has 40 heavy (non-hydrogen) atoms. The van der Waals surface area contributed by atoms with Crippen LogP contribution in [0.1, 0.15) is 43.5 Å². The molecule has 0 unspecified atom stereocenters. The highest BCUT2D eigenvalue weighted by atomic mass is 32.2. The molecule has 0 aliphatic heterocycles. The van der Waals surface area contributed by atoms with Gasteiger partial charge in [-0.05, 0) is 75.2 Å². The summed E-state index contributed by atoms with van der Waals surface area (Å²) in [5, 5.41) is 5.44. The number of nitrogens with one attached hydrogen (secondary N) is 2. The maximum absolute atomic E-state index is 13.7. The summed E-state index contributed by atoms with van der Waals surface area (Å²) in [5.74, 6) is -3.58. The van der Waals surface area contributed by atoms with E-state index < -0.39 is 63.2 Å². The molecule has 0 spiro atoms. The lowest BCUT2D eigenvalue weighted by Crippen LogP contribution is -2.50. The second kappa shape index (κ2) is 13.4. The molecule has 0 radical (unpaired) electrons. The summed E-state index contributed by atoms with van der Waals surface area (Å²) in [6.45, 7) is 7.29. The third kappa shape index (κ3) is 9.37. The number of carbonyl (C=O) groups is 3. The average Bonchev–Trinajstić information content (AvgIpc) is 2.86. The molecule has 3 amide bonds. The molecule has 0 saturated carbocycles. The number of rotatable bonds is 10. The molecule has 0 fully saturated rings. The third-order valence-electron chi connectivity index (χ3n) is 5.74. The molecule has 0 aliphatic carbocycles. The zero-order valence-corrected chi connectivity index (χ0v) is 23.7. The van der Waals surface area contributed by atoms with Crippen molar-refractivity contribution in [2.75, 3.05) is 16.8 Å². The zero-order valence-electron chi connectivity index (χ0n) is 22.9. The number of halogens is 2. The van der Waals surface area contributed by atoms with E-state index in [2.05, 4.69) is 10.6 Å². The first-order valence-corrected chi connectivity index (χ1v) is 14.1. The lowest BCUT2D eigenvalue weighted by molar-refractivity contribution is -0.140. The van der Waals surface area contributed by atoms with Gasteiger partial charge in [0.05, 0.1) is 0 Å². The Morgan fingerprint density at radius 3 is 1.95 bits per heavy atom. The fourth-order valence-corrected chi connectivity index (χ4v) is 4.83. The Morgan fingerprint density at radius 2 is 1.40 bits per heavy atom. The number of hydrogen-bond acceptors (Lipinski definition) is 4. The van der Waals surface area contributed by atoms with E-state index in [-0.39, 0.29) is 6.54 Å². The smallest absolute Gasteiger partial charge is 0.247 e. The van der Waals surface area contributed by atoms with Crippen LogP contribution < -0.4 is 10.6 Å². The number of anilines is 1. The number of nitrogens with zero attached hydrogens (tertiary/aromatic N) is 1. The standard InChI is InChI=1S/C30H33F2N3O4S/c1-20-5-9-22(10-6-20)28(29(38)34-30(2,3)4)35(17-21-7-11-23(31)12-8-21)27(37)19-40(39)18-26(36)33-25-15-13-24(32)14-16-25/h5-16,28H,17-19H2,1-4H3,(H,33,36)(H,34,38)/t28-,40-/m0/s1. The second-order valence-electron chi connectivity index (χ2n) is 10.5. The largest absolute Gasteiger partial charge is 0.349 e. The van der Waals surface area contributed by atoms with Crippen LogP contribution in [0.2, 0.25) is 0 Å². The Labute approximate surface area is 235 Å². The Morgan fingerprint density at radius 1 is 0.850 bits per heavy atom. The van der Waals surface area contributed by atoms with Crippen LogP contribution in [0.25, 0.3) is 0 Å². The summed E-state index contributed by atoms with van der Waals surface area (Å²) >= 11 is 0. The van der Waals surface area contributed by atoms with Crippen LogP contribution >= 0.6 is 0 Å². The van der Waals surface area contributed by atoms with Gasteiger partial charge >= 0.3 is 0 Å². The van der Waals surface area contributed by atoms with Crippen molar-refractivity contribution < 1.29 is 27.4 Å². The average molecular weight is 570 g/mol. The van der Waals surface area contributed by atoms with E-state index in [4.69, 9.17) is 0 Å². The fourth-order valence-electron chi connectivity index (χ4n) is 3.92. The number of carbonyl (C=O) groups excluding carboxylic acids is 3. The summed E-state index contributed by atoms with van der Waals surface area (Å²) in [6, 6.07) is 16.7. The third-order valence-corrected chi connectivity index (χ3v) is 6.90. The molecule has 3 aromatic rings. The molecular formula is C30H33F2N3O4S. The Kier molecular flexibility index (Phi) is 10.3.